The fourth-order valence-corrected chi connectivity index (χ4v) is 2.30. The zero-order chi connectivity index (χ0) is 13.0. The van der Waals surface area contributed by atoms with Crippen LogP contribution in [-0.4, -0.2) is 30.3 Å². The van der Waals surface area contributed by atoms with Crippen LogP contribution in [0.3, 0.4) is 0 Å². The number of esters is 1. The second kappa shape index (κ2) is 5.50. The quantitative estimate of drug-likeness (QED) is 0.790. The van der Waals surface area contributed by atoms with Crippen LogP contribution in [0, 0.1) is 0 Å². The third-order valence-corrected chi connectivity index (χ3v) is 3.35. The molecule has 1 heterocycles. The van der Waals surface area contributed by atoms with Crippen molar-refractivity contribution in [2.24, 2.45) is 0 Å². The van der Waals surface area contributed by atoms with E-state index in [9.17, 15) is 9.90 Å². The lowest BCUT2D eigenvalue weighted by Gasteiger charge is -2.37. The molecule has 1 unspecified atom stereocenters. The van der Waals surface area contributed by atoms with Crippen molar-refractivity contribution >= 4 is 5.97 Å². The van der Waals surface area contributed by atoms with Gasteiger partial charge in [0.15, 0.2) is 0 Å². The minimum absolute atomic E-state index is 0.555. The third-order valence-electron chi connectivity index (χ3n) is 3.35. The average Bonchev–Trinajstić information content (AvgIpc) is 2.40. The van der Waals surface area contributed by atoms with Crippen molar-refractivity contribution in [2.75, 3.05) is 13.1 Å². The standard InChI is InChI=1S/C14H19NO3/c1-11(16)13(17)18-14(7-9-15-10-8-14)12-5-3-2-4-6-12/h2-6,11,15-16H,7-10H2,1H3. The van der Waals surface area contributed by atoms with Gasteiger partial charge in [-0.2, -0.15) is 0 Å². The van der Waals surface area contributed by atoms with Crippen molar-refractivity contribution < 1.29 is 14.6 Å². The van der Waals surface area contributed by atoms with E-state index in [1.807, 2.05) is 30.3 Å². The first-order valence-corrected chi connectivity index (χ1v) is 6.31. The Hall–Kier alpha value is -1.39. The SMILES string of the molecule is CC(O)C(=O)OC1(c2ccccc2)CCNCC1. The molecule has 2 N–H and O–H groups in total. The van der Waals surface area contributed by atoms with Crippen molar-refractivity contribution in [2.45, 2.75) is 31.5 Å². The van der Waals surface area contributed by atoms with Gasteiger partial charge in [-0.25, -0.2) is 4.79 Å². The topological polar surface area (TPSA) is 58.6 Å². The number of carbonyl (C=O) groups excluding carboxylic acids is 1. The lowest BCUT2D eigenvalue weighted by Crippen LogP contribution is -2.44. The largest absolute Gasteiger partial charge is 0.452 e. The van der Waals surface area contributed by atoms with Crippen LogP contribution in [-0.2, 0) is 15.1 Å². The molecule has 4 nitrogen and oxygen atoms in total. The Kier molecular flexibility index (Phi) is 3.99. The number of piperidine rings is 1. The first-order valence-electron chi connectivity index (χ1n) is 6.31. The molecule has 1 saturated heterocycles. The smallest absolute Gasteiger partial charge is 0.335 e. The molecule has 0 aromatic heterocycles. The van der Waals surface area contributed by atoms with Gasteiger partial charge in [0.2, 0.25) is 0 Å². The van der Waals surface area contributed by atoms with Crippen molar-refractivity contribution in [1.82, 2.24) is 5.32 Å². The summed E-state index contributed by atoms with van der Waals surface area (Å²) in [4.78, 5) is 11.7. The van der Waals surface area contributed by atoms with Crippen LogP contribution in [0.25, 0.3) is 0 Å². The second-order valence-corrected chi connectivity index (χ2v) is 4.71. The summed E-state index contributed by atoms with van der Waals surface area (Å²) in [5.74, 6) is -0.555. The fourth-order valence-electron chi connectivity index (χ4n) is 2.30. The lowest BCUT2D eigenvalue weighted by molar-refractivity contribution is -0.173. The highest BCUT2D eigenvalue weighted by atomic mass is 16.6. The Morgan fingerprint density at radius 2 is 1.94 bits per heavy atom. The molecule has 1 aliphatic rings. The minimum atomic E-state index is -1.08. The van der Waals surface area contributed by atoms with Gasteiger partial charge in [-0.05, 0) is 25.6 Å². The van der Waals surface area contributed by atoms with E-state index in [1.165, 1.54) is 6.92 Å². The van der Waals surface area contributed by atoms with Crippen LogP contribution in [0.5, 0.6) is 0 Å². The summed E-state index contributed by atoms with van der Waals surface area (Å²) in [6.45, 7) is 3.05. The zero-order valence-corrected chi connectivity index (χ0v) is 10.6. The van der Waals surface area contributed by atoms with Gasteiger partial charge < -0.3 is 15.2 Å². The zero-order valence-electron chi connectivity index (χ0n) is 10.6. The van der Waals surface area contributed by atoms with Gasteiger partial charge in [-0.1, -0.05) is 30.3 Å². The highest BCUT2D eigenvalue weighted by Crippen LogP contribution is 2.35. The predicted molar refractivity (Wildman–Crippen MR) is 68.0 cm³/mol. The molecule has 98 valence electrons. The normalized spacial score (nSPS) is 20.1. The van der Waals surface area contributed by atoms with Gasteiger partial charge in [-0.15, -0.1) is 0 Å². The number of rotatable bonds is 3. The van der Waals surface area contributed by atoms with E-state index in [4.69, 9.17) is 4.74 Å². The first-order chi connectivity index (χ1) is 8.64. The Bertz CT molecular complexity index is 397. The van der Waals surface area contributed by atoms with E-state index >= 15 is 0 Å². The molecule has 0 bridgehead atoms. The molecule has 1 atom stereocenters. The maximum atomic E-state index is 11.7. The molecule has 0 aliphatic carbocycles. The van der Waals surface area contributed by atoms with Crippen molar-refractivity contribution in [3.05, 3.63) is 35.9 Å². The summed E-state index contributed by atoms with van der Waals surface area (Å²) in [5, 5.41) is 12.6. The van der Waals surface area contributed by atoms with Crippen LogP contribution in [0.1, 0.15) is 25.3 Å². The number of hydrogen-bond donors (Lipinski definition) is 2. The second-order valence-electron chi connectivity index (χ2n) is 4.71. The molecule has 0 amide bonds. The Morgan fingerprint density at radius 1 is 1.33 bits per heavy atom. The van der Waals surface area contributed by atoms with Crippen LogP contribution in [0.15, 0.2) is 30.3 Å². The molecule has 4 heteroatoms. The Morgan fingerprint density at radius 3 is 2.50 bits per heavy atom. The van der Waals surface area contributed by atoms with E-state index < -0.39 is 17.7 Å². The number of aliphatic hydroxyl groups excluding tert-OH is 1. The Balaban J connectivity index is 2.26. The van der Waals surface area contributed by atoms with Crippen LogP contribution >= 0.6 is 0 Å². The fraction of sp³-hybridized carbons (Fsp3) is 0.500. The first kappa shape index (κ1) is 13.1. The lowest BCUT2D eigenvalue weighted by atomic mass is 9.84. The number of benzene rings is 1. The van der Waals surface area contributed by atoms with E-state index in [0.29, 0.717) is 0 Å². The summed E-state index contributed by atoms with van der Waals surface area (Å²) >= 11 is 0. The molecular formula is C14H19NO3. The average molecular weight is 249 g/mol. The molecule has 0 radical (unpaired) electrons. The van der Waals surface area contributed by atoms with Gasteiger partial charge in [0.05, 0.1) is 0 Å². The van der Waals surface area contributed by atoms with Crippen LogP contribution in [0.4, 0.5) is 0 Å². The van der Waals surface area contributed by atoms with Gasteiger partial charge >= 0.3 is 5.97 Å². The maximum Gasteiger partial charge on any atom is 0.335 e. The van der Waals surface area contributed by atoms with Crippen molar-refractivity contribution in [1.29, 1.82) is 0 Å². The number of aliphatic hydroxyl groups is 1. The third kappa shape index (κ3) is 2.71. The summed E-state index contributed by atoms with van der Waals surface area (Å²) in [6.07, 6.45) is 0.380. The molecule has 0 saturated carbocycles. The summed E-state index contributed by atoms with van der Waals surface area (Å²) < 4.78 is 5.60. The molecule has 1 aromatic carbocycles. The predicted octanol–water partition coefficient (Wildman–Crippen LogP) is 1.19. The highest BCUT2D eigenvalue weighted by molar-refractivity contribution is 5.74. The highest BCUT2D eigenvalue weighted by Gasteiger charge is 2.38. The van der Waals surface area contributed by atoms with Gasteiger partial charge in [0.1, 0.15) is 11.7 Å². The summed E-state index contributed by atoms with van der Waals surface area (Å²) in [5.41, 5.74) is 0.404. The molecule has 1 fully saturated rings. The number of carbonyl (C=O) groups is 1. The van der Waals surface area contributed by atoms with Crippen LogP contribution in [0.2, 0.25) is 0 Å². The van der Waals surface area contributed by atoms with Gasteiger partial charge in [0.25, 0.3) is 0 Å². The van der Waals surface area contributed by atoms with Crippen molar-refractivity contribution in [3.8, 4) is 0 Å². The maximum absolute atomic E-state index is 11.7. The number of nitrogens with one attached hydrogen (secondary N) is 1. The number of hydrogen-bond acceptors (Lipinski definition) is 4. The molecular weight excluding hydrogens is 230 g/mol. The van der Waals surface area contributed by atoms with E-state index in [1.54, 1.807) is 0 Å². The van der Waals surface area contributed by atoms with Crippen LogP contribution < -0.4 is 5.32 Å². The summed E-state index contributed by atoms with van der Waals surface area (Å²) in [7, 11) is 0. The molecule has 0 spiro atoms. The number of ether oxygens (including phenoxy) is 1. The van der Waals surface area contributed by atoms with Gasteiger partial charge in [-0.3, -0.25) is 0 Å². The minimum Gasteiger partial charge on any atom is -0.452 e. The van der Waals surface area contributed by atoms with E-state index in [0.717, 1.165) is 31.5 Å². The van der Waals surface area contributed by atoms with E-state index in [2.05, 4.69) is 5.32 Å². The monoisotopic (exact) mass is 249 g/mol. The van der Waals surface area contributed by atoms with Gasteiger partial charge in [0, 0.05) is 12.8 Å². The van der Waals surface area contributed by atoms with Crippen molar-refractivity contribution in [3.63, 3.8) is 0 Å². The Labute approximate surface area is 107 Å². The molecule has 2 rings (SSSR count). The molecule has 1 aliphatic heterocycles. The van der Waals surface area contributed by atoms with E-state index in [-0.39, 0.29) is 0 Å². The molecule has 1 aromatic rings. The summed E-state index contributed by atoms with van der Waals surface area (Å²) in [6, 6.07) is 9.76. The molecule has 18 heavy (non-hydrogen) atoms.